The number of guanidine groups is 1. The van der Waals surface area contributed by atoms with E-state index in [4.69, 9.17) is 4.99 Å². The topological polar surface area (TPSA) is 88.6 Å². The third-order valence-corrected chi connectivity index (χ3v) is 6.65. The van der Waals surface area contributed by atoms with E-state index < -0.39 is 24.1 Å². The number of benzene rings is 2. The van der Waals surface area contributed by atoms with Gasteiger partial charge in [0.25, 0.3) is 5.91 Å². The van der Waals surface area contributed by atoms with E-state index in [1.54, 1.807) is 24.1 Å². The number of imide groups is 1. The van der Waals surface area contributed by atoms with E-state index in [2.05, 4.69) is 27.2 Å². The van der Waals surface area contributed by atoms with Crippen LogP contribution in [0.1, 0.15) is 15.9 Å². The third-order valence-electron chi connectivity index (χ3n) is 6.65. The van der Waals surface area contributed by atoms with Crippen molar-refractivity contribution in [2.45, 2.75) is 18.8 Å². The van der Waals surface area contributed by atoms with Gasteiger partial charge < -0.3 is 14.7 Å². The van der Waals surface area contributed by atoms with Crippen molar-refractivity contribution < 1.29 is 14.4 Å². The van der Waals surface area contributed by atoms with Gasteiger partial charge in [-0.05, 0) is 5.56 Å². The van der Waals surface area contributed by atoms with Crippen molar-refractivity contribution in [3.05, 3.63) is 71.8 Å². The molecule has 5 rings (SSSR count). The molecule has 0 radical (unpaired) electrons. The Hall–Kier alpha value is -3.72. The molecule has 0 bridgehead atoms. The van der Waals surface area contributed by atoms with Crippen molar-refractivity contribution in [1.82, 2.24) is 24.9 Å². The summed E-state index contributed by atoms with van der Waals surface area (Å²) in [5, 5.41) is 2.40. The molecule has 0 aromatic heterocycles. The van der Waals surface area contributed by atoms with Crippen molar-refractivity contribution >= 4 is 23.7 Å². The summed E-state index contributed by atoms with van der Waals surface area (Å²) in [4.78, 5) is 50.6. The van der Waals surface area contributed by atoms with Crippen LogP contribution in [0.5, 0.6) is 0 Å². The lowest BCUT2D eigenvalue weighted by Gasteiger charge is -2.40. The predicted molar refractivity (Wildman–Crippen MR) is 127 cm³/mol. The Morgan fingerprint density at radius 2 is 1.62 bits per heavy atom. The van der Waals surface area contributed by atoms with Crippen molar-refractivity contribution in [2.24, 2.45) is 4.99 Å². The van der Waals surface area contributed by atoms with Crippen LogP contribution in [0.25, 0.3) is 0 Å². The first-order valence-electron chi connectivity index (χ1n) is 11.5. The number of fused-ring (bicyclic) bond motifs is 1. The average Bonchev–Trinajstić information content (AvgIpc) is 3.24. The van der Waals surface area contributed by atoms with E-state index >= 15 is 0 Å². The Kier molecular flexibility index (Phi) is 6.02. The molecule has 2 aromatic rings. The molecule has 2 aromatic carbocycles. The normalized spacial score (nSPS) is 23.0. The lowest BCUT2D eigenvalue weighted by Crippen LogP contribution is -2.65. The standard InChI is InChI=1S/C25H28N6O3/c1-28-22-21(23(33)27-25(28)34)31(17-20(32)19-10-6-3-7-11-19)24(26-22)30-14-12-29(13-15-30)16-18-8-4-2-5-9-18/h2-11,21-22H,12-17H2,1H3,(H,27,33,34). The summed E-state index contributed by atoms with van der Waals surface area (Å²) in [7, 11) is 1.63. The molecule has 3 aliphatic heterocycles. The lowest BCUT2D eigenvalue weighted by atomic mass is 10.1. The quantitative estimate of drug-likeness (QED) is 0.676. The number of ketones is 1. The molecule has 2 saturated heterocycles. The second-order valence-corrected chi connectivity index (χ2v) is 8.86. The molecule has 2 fully saturated rings. The van der Waals surface area contributed by atoms with Gasteiger partial charge in [0, 0.05) is 45.3 Å². The first-order valence-corrected chi connectivity index (χ1v) is 11.5. The van der Waals surface area contributed by atoms with E-state index in [1.807, 2.05) is 36.4 Å². The molecule has 3 aliphatic rings. The van der Waals surface area contributed by atoms with Crippen molar-refractivity contribution in [3.63, 3.8) is 0 Å². The number of rotatable bonds is 5. The molecule has 0 saturated carbocycles. The van der Waals surface area contributed by atoms with Crippen LogP contribution in [0.3, 0.4) is 0 Å². The van der Waals surface area contributed by atoms with Gasteiger partial charge in [0.15, 0.2) is 24.0 Å². The molecule has 2 atom stereocenters. The van der Waals surface area contributed by atoms with E-state index in [0.717, 1.165) is 32.7 Å². The summed E-state index contributed by atoms with van der Waals surface area (Å²) in [6.45, 7) is 4.02. The molecule has 9 heteroatoms. The summed E-state index contributed by atoms with van der Waals surface area (Å²) < 4.78 is 0. The maximum absolute atomic E-state index is 13.1. The first kappa shape index (κ1) is 22.1. The van der Waals surface area contributed by atoms with Crippen LogP contribution < -0.4 is 5.32 Å². The third kappa shape index (κ3) is 4.26. The molecular weight excluding hydrogens is 432 g/mol. The number of carbonyl (C=O) groups is 3. The summed E-state index contributed by atoms with van der Waals surface area (Å²) >= 11 is 0. The van der Waals surface area contributed by atoms with Gasteiger partial charge in [0.05, 0.1) is 6.54 Å². The SMILES string of the molecule is CN1C(=O)NC(=O)C2C1N=C(N1CCN(Cc3ccccc3)CC1)N2CC(=O)c1ccccc1. The van der Waals surface area contributed by atoms with Crippen molar-refractivity contribution in [1.29, 1.82) is 0 Å². The van der Waals surface area contributed by atoms with Crippen LogP contribution in [0.4, 0.5) is 4.79 Å². The minimum Gasteiger partial charge on any atom is -0.340 e. The zero-order valence-electron chi connectivity index (χ0n) is 19.1. The summed E-state index contributed by atoms with van der Waals surface area (Å²) in [5.41, 5.74) is 1.85. The number of piperazine rings is 1. The second-order valence-electron chi connectivity index (χ2n) is 8.86. The van der Waals surface area contributed by atoms with Crippen LogP contribution >= 0.6 is 0 Å². The van der Waals surface area contributed by atoms with Gasteiger partial charge in [-0.2, -0.15) is 0 Å². The Bertz CT molecular complexity index is 1100. The number of hydrogen-bond donors (Lipinski definition) is 1. The number of likely N-dealkylation sites (N-methyl/N-ethyl adjacent to an activating group) is 1. The highest BCUT2D eigenvalue weighted by molar-refractivity contribution is 6.06. The minimum absolute atomic E-state index is 0.0176. The van der Waals surface area contributed by atoms with Crippen LogP contribution in [0, 0.1) is 0 Å². The summed E-state index contributed by atoms with van der Waals surface area (Å²) in [6.07, 6.45) is -0.651. The number of aliphatic imine (C=N–C) groups is 1. The monoisotopic (exact) mass is 460 g/mol. The maximum atomic E-state index is 13.1. The van der Waals surface area contributed by atoms with E-state index in [-0.39, 0.29) is 12.3 Å². The smallest absolute Gasteiger partial charge is 0.325 e. The fourth-order valence-electron chi connectivity index (χ4n) is 4.76. The summed E-state index contributed by atoms with van der Waals surface area (Å²) in [5.74, 6) is 0.0924. The van der Waals surface area contributed by atoms with Crippen LogP contribution in [-0.2, 0) is 11.3 Å². The molecule has 34 heavy (non-hydrogen) atoms. The van der Waals surface area contributed by atoms with Gasteiger partial charge >= 0.3 is 6.03 Å². The molecule has 9 nitrogen and oxygen atoms in total. The highest BCUT2D eigenvalue weighted by atomic mass is 16.2. The first-order chi connectivity index (χ1) is 16.5. The fraction of sp³-hybridized carbons (Fsp3) is 0.360. The number of urea groups is 1. The number of carbonyl (C=O) groups excluding carboxylic acids is 3. The van der Waals surface area contributed by atoms with Crippen molar-refractivity contribution in [2.75, 3.05) is 39.8 Å². The zero-order valence-corrected chi connectivity index (χ0v) is 19.1. The van der Waals surface area contributed by atoms with Crippen LogP contribution in [0.2, 0.25) is 0 Å². The number of nitrogens with one attached hydrogen (secondary N) is 1. The molecular formula is C25H28N6O3. The van der Waals surface area contributed by atoms with Gasteiger partial charge in [-0.1, -0.05) is 60.7 Å². The van der Waals surface area contributed by atoms with Gasteiger partial charge in [-0.25, -0.2) is 9.79 Å². The molecule has 1 N–H and O–H groups in total. The Labute approximate surface area is 198 Å². The number of nitrogens with zero attached hydrogens (tertiary/aromatic N) is 5. The molecule has 0 spiro atoms. The molecule has 2 unspecified atom stereocenters. The Morgan fingerprint density at radius 1 is 0.971 bits per heavy atom. The van der Waals surface area contributed by atoms with Gasteiger partial charge in [0.1, 0.15) is 0 Å². The maximum Gasteiger partial charge on any atom is 0.325 e. The summed E-state index contributed by atoms with van der Waals surface area (Å²) in [6, 6.07) is 18.2. The van der Waals surface area contributed by atoms with E-state index in [9.17, 15) is 14.4 Å². The molecule has 176 valence electrons. The van der Waals surface area contributed by atoms with Gasteiger partial charge in [0.2, 0.25) is 0 Å². The Balaban J connectivity index is 1.34. The number of Topliss-reactive ketones (excluding diaryl/α,β-unsaturated/α-hetero) is 1. The minimum atomic E-state index is -0.729. The predicted octanol–water partition coefficient (Wildman–Crippen LogP) is 1.24. The van der Waals surface area contributed by atoms with Crippen molar-refractivity contribution in [3.8, 4) is 0 Å². The van der Waals surface area contributed by atoms with Gasteiger partial charge in [-0.15, -0.1) is 0 Å². The number of hydrogen-bond acceptors (Lipinski definition) is 7. The zero-order chi connectivity index (χ0) is 23.7. The van der Waals surface area contributed by atoms with E-state index in [1.165, 1.54) is 10.5 Å². The van der Waals surface area contributed by atoms with Crippen LogP contribution in [0.15, 0.2) is 65.7 Å². The molecule has 3 heterocycles. The molecule has 3 amide bonds. The number of amides is 3. The van der Waals surface area contributed by atoms with Crippen LogP contribution in [-0.4, -0.2) is 95.3 Å². The lowest BCUT2D eigenvalue weighted by molar-refractivity contribution is -0.127. The van der Waals surface area contributed by atoms with Gasteiger partial charge in [-0.3, -0.25) is 19.8 Å². The Morgan fingerprint density at radius 3 is 2.29 bits per heavy atom. The second kappa shape index (κ2) is 9.26. The van der Waals surface area contributed by atoms with E-state index in [0.29, 0.717) is 11.5 Å². The average molecular weight is 461 g/mol. The highest BCUT2D eigenvalue weighted by Gasteiger charge is 2.50. The largest absolute Gasteiger partial charge is 0.340 e. The highest BCUT2D eigenvalue weighted by Crippen LogP contribution is 2.26. The fourth-order valence-corrected chi connectivity index (χ4v) is 4.76. The molecule has 0 aliphatic carbocycles.